The number of nitrogens with one attached hydrogen (secondary N) is 1. The zero-order valence-corrected chi connectivity index (χ0v) is 13.1. The monoisotopic (exact) mass is 285 g/mol. The Balaban J connectivity index is 1.39. The van der Waals surface area contributed by atoms with Gasteiger partial charge in [0.25, 0.3) is 0 Å². The lowest BCUT2D eigenvalue weighted by Gasteiger charge is -2.32. The largest absolute Gasteiger partial charge is 0.308 e. The van der Waals surface area contributed by atoms with Crippen molar-refractivity contribution in [3.05, 3.63) is 35.4 Å². The summed E-state index contributed by atoms with van der Waals surface area (Å²) >= 11 is 0. The highest BCUT2D eigenvalue weighted by Gasteiger charge is 2.35. The van der Waals surface area contributed by atoms with Crippen molar-refractivity contribution in [2.24, 2.45) is 0 Å². The summed E-state index contributed by atoms with van der Waals surface area (Å²) in [5.41, 5.74) is 3.04. The van der Waals surface area contributed by atoms with E-state index in [1.54, 1.807) is 5.56 Å². The first kappa shape index (κ1) is 13.7. The molecule has 3 nitrogen and oxygen atoms in total. The van der Waals surface area contributed by atoms with Crippen molar-refractivity contribution in [1.82, 2.24) is 15.1 Å². The summed E-state index contributed by atoms with van der Waals surface area (Å²) in [6.45, 7) is 4.81. The van der Waals surface area contributed by atoms with Gasteiger partial charge in [0.2, 0.25) is 0 Å². The van der Waals surface area contributed by atoms with Crippen LogP contribution in [0.5, 0.6) is 0 Å². The molecule has 2 saturated heterocycles. The van der Waals surface area contributed by atoms with E-state index in [4.69, 9.17) is 0 Å². The third-order valence-corrected chi connectivity index (χ3v) is 5.88. The third kappa shape index (κ3) is 2.75. The Kier molecular flexibility index (Phi) is 3.74. The van der Waals surface area contributed by atoms with Gasteiger partial charge in [0, 0.05) is 37.8 Å². The van der Waals surface area contributed by atoms with Crippen molar-refractivity contribution >= 4 is 0 Å². The van der Waals surface area contributed by atoms with Crippen LogP contribution in [0.15, 0.2) is 24.3 Å². The number of nitrogens with zero attached hydrogens (tertiary/aromatic N) is 2. The lowest BCUT2D eigenvalue weighted by Crippen LogP contribution is -2.47. The number of likely N-dealkylation sites (N-methyl/N-ethyl adjacent to an activating group) is 1. The summed E-state index contributed by atoms with van der Waals surface area (Å²) in [5.74, 6) is 0. The van der Waals surface area contributed by atoms with E-state index in [-0.39, 0.29) is 0 Å². The molecule has 3 aliphatic heterocycles. The van der Waals surface area contributed by atoms with Crippen LogP contribution in [-0.2, 0) is 13.0 Å². The van der Waals surface area contributed by atoms with E-state index >= 15 is 0 Å². The lowest BCUT2D eigenvalue weighted by atomic mass is 9.95. The van der Waals surface area contributed by atoms with Gasteiger partial charge in [-0.2, -0.15) is 0 Å². The van der Waals surface area contributed by atoms with E-state index < -0.39 is 0 Å². The molecule has 3 aliphatic rings. The fraction of sp³-hybridized carbons (Fsp3) is 0.667. The molecule has 3 heteroatoms. The van der Waals surface area contributed by atoms with E-state index in [0.717, 1.165) is 18.6 Å². The maximum Gasteiger partial charge on any atom is 0.0238 e. The highest BCUT2D eigenvalue weighted by molar-refractivity contribution is 5.30. The van der Waals surface area contributed by atoms with Crippen LogP contribution < -0.4 is 5.32 Å². The van der Waals surface area contributed by atoms with Gasteiger partial charge in [-0.15, -0.1) is 0 Å². The second-order valence-electron chi connectivity index (χ2n) is 7.15. The topological polar surface area (TPSA) is 18.5 Å². The van der Waals surface area contributed by atoms with Crippen molar-refractivity contribution < 1.29 is 0 Å². The molecule has 0 saturated carbocycles. The number of hydrogen-bond acceptors (Lipinski definition) is 3. The minimum atomic E-state index is 0.627. The maximum absolute atomic E-state index is 3.74. The van der Waals surface area contributed by atoms with Gasteiger partial charge in [-0.05, 0) is 50.4 Å². The first-order valence-electron chi connectivity index (χ1n) is 8.54. The van der Waals surface area contributed by atoms with Gasteiger partial charge in [-0.25, -0.2) is 0 Å². The molecule has 3 heterocycles. The Morgan fingerprint density at radius 2 is 1.90 bits per heavy atom. The standard InChI is InChI=1S/C18H27N3/c1-20-17-6-7-18(20)13-21(9-8-17)12-16-10-14-4-2-3-5-15(14)11-19-16/h2-5,16-19H,6-13H2,1H3. The highest BCUT2D eigenvalue weighted by atomic mass is 15.3. The van der Waals surface area contributed by atoms with Gasteiger partial charge >= 0.3 is 0 Å². The summed E-state index contributed by atoms with van der Waals surface area (Å²) < 4.78 is 0. The molecule has 3 atom stereocenters. The predicted octanol–water partition coefficient (Wildman–Crippen LogP) is 1.87. The molecular weight excluding hydrogens is 258 g/mol. The van der Waals surface area contributed by atoms with Crippen molar-refractivity contribution in [2.45, 2.75) is 50.4 Å². The zero-order chi connectivity index (χ0) is 14.2. The van der Waals surface area contributed by atoms with Crippen LogP contribution in [0, 0.1) is 0 Å². The Bertz CT molecular complexity index is 501. The van der Waals surface area contributed by atoms with Gasteiger partial charge < -0.3 is 10.2 Å². The van der Waals surface area contributed by atoms with Crippen LogP contribution in [0.3, 0.4) is 0 Å². The smallest absolute Gasteiger partial charge is 0.0238 e. The minimum absolute atomic E-state index is 0.627. The summed E-state index contributed by atoms with van der Waals surface area (Å²) in [6, 6.07) is 11.2. The highest BCUT2D eigenvalue weighted by Crippen LogP contribution is 2.28. The van der Waals surface area contributed by atoms with E-state index in [1.165, 1.54) is 50.9 Å². The molecule has 2 bridgehead atoms. The van der Waals surface area contributed by atoms with Crippen molar-refractivity contribution in [2.75, 3.05) is 26.7 Å². The van der Waals surface area contributed by atoms with Gasteiger partial charge in [0.05, 0.1) is 0 Å². The average molecular weight is 285 g/mol. The molecular formula is C18H27N3. The van der Waals surface area contributed by atoms with Crippen molar-refractivity contribution in [1.29, 1.82) is 0 Å². The van der Waals surface area contributed by atoms with Crippen molar-refractivity contribution in [3.8, 4) is 0 Å². The molecule has 21 heavy (non-hydrogen) atoms. The molecule has 0 spiro atoms. The van der Waals surface area contributed by atoms with Crippen LogP contribution in [0.2, 0.25) is 0 Å². The van der Waals surface area contributed by atoms with Gasteiger partial charge in [0.15, 0.2) is 0 Å². The Morgan fingerprint density at radius 3 is 2.81 bits per heavy atom. The third-order valence-electron chi connectivity index (χ3n) is 5.88. The van der Waals surface area contributed by atoms with Crippen molar-refractivity contribution in [3.63, 3.8) is 0 Å². The van der Waals surface area contributed by atoms with E-state index in [2.05, 4.69) is 46.4 Å². The van der Waals surface area contributed by atoms with Gasteiger partial charge in [0.1, 0.15) is 0 Å². The van der Waals surface area contributed by atoms with Crippen LogP contribution in [0.4, 0.5) is 0 Å². The van der Waals surface area contributed by atoms with E-state index in [9.17, 15) is 0 Å². The molecule has 3 unspecified atom stereocenters. The second kappa shape index (κ2) is 5.71. The van der Waals surface area contributed by atoms with Crippen LogP contribution in [0.1, 0.15) is 30.4 Å². The minimum Gasteiger partial charge on any atom is -0.308 e. The second-order valence-corrected chi connectivity index (χ2v) is 7.15. The fourth-order valence-corrected chi connectivity index (χ4v) is 4.51. The quantitative estimate of drug-likeness (QED) is 0.895. The number of hydrogen-bond donors (Lipinski definition) is 1. The molecule has 1 aromatic rings. The Morgan fingerprint density at radius 1 is 1.10 bits per heavy atom. The molecule has 0 amide bonds. The predicted molar refractivity (Wildman–Crippen MR) is 86.4 cm³/mol. The summed E-state index contributed by atoms with van der Waals surface area (Å²) in [6.07, 6.45) is 5.37. The fourth-order valence-electron chi connectivity index (χ4n) is 4.51. The molecule has 2 fully saturated rings. The number of likely N-dealkylation sites (tertiary alicyclic amines) is 1. The molecule has 0 aromatic heterocycles. The van der Waals surface area contributed by atoms with Crippen LogP contribution >= 0.6 is 0 Å². The molecule has 1 aromatic carbocycles. The zero-order valence-electron chi connectivity index (χ0n) is 13.1. The summed E-state index contributed by atoms with van der Waals surface area (Å²) in [5, 5.41) is 3.74. The normalized spacial score (nSPS) is 33.7. The van der Waals surface area contributed by atoms with E-state index in [0.29, 0.717) is 6.04 Å². The molecule has 4 rings (SSSR count). The van der Waals surface area contributed by atoms with Crippen LogP contribution in [0.25, 0.3) is 0 Å². The Hall–Kier alpha value is -0.900. The van der Waals surface area contributed by atoms with Crippen LogP contribution in [-0.4, -0.2) is 54.6 Å². The Labute approximate surface area is 128 Å². The molecule has 0 radical (unpaired) electrons. The molecule has 1 N–H and O–H groups in total. The number of rotatable bonds is 2. The first-order valence-corrected chi connectivity index (χ1v) is 8.54. The number of fused-ring (bicyclic) bond motifs is 3. The summed E-state index contributed by atoms with van der Waals surface area (Å²) in [7, 11) is 2.33. The average Bonchev–Trinajstić information content (AvgIpc) is 2.75. The van der Waals surface area contributed by atoms with Gasteiger partial charge in [-0.3, -0.25) is 4.90 Å². The van der Waals surface area contributed by atoms with E-state index in [1.807, 2.05) is 0 Å². The molecule has 0 aliphatic carbocycles. The number of benzene rings is 1. The van der Waals surface area contributed by atoms with Gasteiger partial charge in [-0.1, -0.05) is 24.3 Å². The maximum atomic E-state index is 3.74. The first-order chi connectivity index (χ1) is 10.3. The summed E-state index contributed by atoms with van der Waals surface area (Å²) in [4.78, 5) is 5.36. The lowest BCUT2D eigenvalue weighted by molar-refractivity contribution is 0.202. The SMILES string of the molecule is CN1C2CCC1CN(CC1Cc3ccccc3CN1)CC2. The molecule has 114 valence electrons.